The van der Waals surface area contributed by atoms with Crippen molar-refractivity contribution >= 4 is 5.91 Å². The van der Waals surface area contributed by atoms with Gasteiger partial charge in [0.1, 0.15) is 23.1 Å². The van der Waals surface area contributed by atoms with Crippen molar-refractivity contribution in [2.24, 2.45) is 0 Å². The van der Waals surface area contributed by atoms with Crippen molar-refractivity contribution in [3.05, 3.63) is 53.3 Å². The van der Waals surface area contributed by atoms with Crippen LogP contribution < -0.4 is 19.5 Å². The van der Waals surface area contributed by atoms with Crippen LogP contribution in [0.4, 0.5) is 4.39 Å². The lowest BCUT2D eigenvalue weighted by molar-refractivity contribution is -0.123. The lowest BCUT2D eigenvalue weighted by atomic mass is 10.1. The molecule has 2 aromatic carbocycles. The highest BCUT2D eigenvalue weighted by Gasteiger charge is 2.10. The van der Waals surface area contributed by atoms with Crippen molar-refractivity contribution in [1.29, 1.82) is 0 Å². The van der Waals surface area contributed by atoms with Crippen LogP contribution in [0.15, 0.2) is 36.4 Å². The second-order valence-corrected chi connectivity index (χ2v) is 5.15. The van der Waals surface area contributed by atoms with Crippen LogP contribution in [-0.4, -0.2) is 26.7 Å². The average Bonchev–Trinajstić information content (AvgIpc) is 2.59. The number of aryl methyl sites for hydroxylation is 1. The largest absolute Gasteiger partial charge is 0.496 e. The normalized spacial score (nSPS) is 10.2. The van der Waals surface area contributed by atoms with Crippen molar-refractivity contribution in [2.45, 2.75) is 13.5 Å². The molecule has 0 heterocycles. The van der Waals surface area contributed by atoms with E-state index < -0.39 is 0 Å². The molecule has 0 aliphatic heterocycles. The summed E-state index contributed by atoms with van der Waals surface area (Å²) in [6.07, 6.45) is 0. The Balaban J connectivity index is 1.92. The Hall–Kier alpha value is -2.76. The van der Waals surface area contributed by atoms with E-state index in [1.807, 2.05) is 19.1 Å². The Morgan fingerprint density at radius 3 is 2.38 bits per heavy atom. The summed E-state index contributed by atoms with van der Waals surface area (Å²) in [4.78, 5) is 11.9. The molecule has 1 N–H and O–H groups in total. The molecule has 0 aliphatic carbocycles. The summed E-state index contributed by atoms with van der Waals surface area (Å²) < 4.78 is 28.7. The number of methoxy groups -OCH3 is 2. The van der Waals surface area contributed by atoms with E-state index in [2.05, 4.69) is 5.32 Å². The minimum Gasteiger partial charge on any atom is -0.496 e. The molecule has 0 aromatic heterocycles. The van der Waals surface area contributed by atoms with Crippen LogP contribution in [0.2, 0.25) is 0 Å². The van der Waals surface area contributed by atoms with Gasteiger partial charge in [-0.2, -0.15) is 0 Å². The Labute approximate surface area is 140 Å². The Morgan fingerprint density at radius 2 is 1.75 bits per heavy atom. The van der Waals surface area contributed by atoms with Gasteiger partial charge in [0.25, 0.3) is 5.91 Å². The fraction of sp³-hybridized carbons (Fsp3) is 0.278. The van der Waals surface area contributed by atoms with E-state index in [4.69, 9.17) is 14.2 Å². The van der Waals surface area contributed by atoms with Crippen LogP contribution in [0.1, 0.15) is 11.1 Å². The molecule has 128 valence electrons. The van der Waals surface area contributed by atoms with Crippen LogP contribution in [0.5, 0.6) is 17.2 Å². The maximum Gasteiger partial charge on any atom is 0.258 e. The molecule has 2 aromatic rings. The predicted octanol–water partition coefficient (Wildman–Crippen LogP) is 2.85. The van der Waals surface area contributed by atoms with Crippen LogP contribution in [0.25, 0.3) is 0 Å². The van der Waals surface area contributed by atoms with Gasteiger partial charge in [-0.25, -0.2) is 4.39 Å². The highest BCUT2D eigenvalue weighted by molar-refractivity contribution is 5.77. The van der Waals surface area contributed by atoms with Crippen molar-refractivity contribution in [3.63, 3.8) is 0 Å². The van der Waals surface area contributed by atoms with Crippen LogP contribution in [0, 0.1) is 12.7 Å². The molecule has 6 heteroatoms. The molecular weight excluding hydrogens is 313 g/mol. The summed E-state index contributed by atoms with van der Waals surface area (Å²) in [5, 5.41) is 2.75. The number of amides is 1. The average molecular weight is 333 g/mol. The van der Waals surface area contributed by atoms with Crippen molar-refractivity contribution in [3.8, 4) is 17.2 Å². The lowest BCUT2D eigenvalue weighted by Gasteiger charge is -2.14. The van der Waals surface area contributed by atoms with Crippen molar-refractivity contribution in [1.82, 2.24) is 5.32 Å². The van der Waals surface area contributed by atoms with Gasteiger partial charge in [-0.1, -0.05) is 0 Å². The van der Waals surface area contributed by atoms with Gasteiger partial charge in [0.2, 0.25) is 0 Å². The van der Waals surface area contributed by atoms with E-state index in [0.717, 1.165) is 16.9 Å². The van der Waals surface area contributed by atoms with Gasteiger partial charge < -0.3 is 19.5 Å². The molecule has 0 spiro atoms. The number of rotatable bonds is 7. The maximum absolute atomic E-state index is 12.8. The summed E-state index contributed by atoms with van der Waals surface area (Å²) in [6.45, 7) is 2.04. The molecule has 1 amide bonds. The quantitative estimate of drug-likeness (QED) is 0.846. The van der Waals surface area contributed by atoms with Gasteiger partial charge in [-0.05, 0) is 48.9 Å². The lowest BCUT2D eigenvalue weighted by Crippen LogP contribution is -2.28. The molecule has 0 saturated carbocycles. The Bertz CT molecular complexity index is 701. The molecule has 0 aliphatic rings. The summed E-state index contributed by atoms with van der Waals surface area (Å²) in [7, 11) is 3.16. The minimum atomic E-state index is -0.354. The standard InChI is InChI=1S/C18H20FNO4/c1-12-8-17(23-3)13(9-16(12)22-2)10-20-18(21)11-24-15-6-4-14(19)5-7-15/h4-9H,10-11H2,1-3H3,(H,20,21). The van der Waals surface area contributed by atoms with Gasteiger partial charge in [0.05, 0.1) is 14.2 Å². The van der Waals surface area contributed by atoms with E-state index in [1.54, 1.807) is 14.2 Å². The number of nitrogens with one attached hydrogen (secondary N) is 1. The van der Waals surface area contributed by atoms with Gasteiger partial charge in [0.15, 0.2) is 6.61 Å². The number of hydrogen-bond donors (Lipinski definition) is 1. The molecule has 0 unspecified atom stereocenters. The predicted molar refractivity (Wildman–Crippen MR) is 88.0 cm³/mol. The van der Waals surface area contributed by atoms with Gasteiger partial charge in [0, 0.05) is 12.1 Å². The van der Waals surface area contributed by atoms with Crippen molar-refractivity contribution < 1.29 is 23.4 Å². The van der Waals surface area contributed by atoms with E-state index >= 15 is 0 Å². The van der Waals surface area contributed by atoms with Gasteiger partial charge in [-0.3, -0.25) is 4.79 Å². The number of hydrogen-bond acceptors (Lipinski definition) is 4. The third-order valence-electron chi connectivity index (χ3n) is 3.46. The topological polar surface area (TPSA) is 56.8 Å². The first-order chi connectivity index (χ1) is 11.5. The van der Waals surface area contributed by atoms with Crippen LogP contribution >= 0.6 is 0 Å². The monoisotopic (exact) mass is 333 g/mol. The van der Waals surface area contributed by atoms with E-state index in [1.165, 1.54) is 24.3 Å². The molecule has 0 radical (unpaired) electrons. The first-order valence-corrected chi connectivity index (χ1v) is 7.40. The molecule has 5 nitrogen and oxygen atoms in total. The summed E-state index contributed by atoms with van der Waals surface area (Å²) in [5.41, 5.74) is 1.75. The third kappa shape index (κ3) is 4.62. The summed E-state index contributed by atoms with van der Waals surface area (Å²) >= 11 is 0. The van der Waals surface area contributed by atoms with Crippen LogP contribution in [-0.2, 0) is 11.3 Å². The number of halogens is 1. The fourth-order valence-corrected chi connectivity index (χ4v) is 2.18. The minimum absolute atomic E-state index is 0.156. The number of ether oxygens (including phenoxy) is 3. The third-order valence-corrected chi connectivity index (χ3v) is 3.46. The second kappa shape index (κ2) is 8.19. The van der Waals surface area contributed by atoms with E-state index in [0.29, 0.717) is 11.5 Å². The SMILES string of the molecule is COc1cc(CNC(=O)COc2ccc(F)cc2)c(OC)cc1C. The number of carbonyl (C=O) groups is 1. The Kier molecular flexibility index (Phi) is 6.01. The molecule has 0 atom stereocenters. The van der Waals surface area contributed by atoms with Gasteiger partial charge >= 0.3 is 0 Å². The van der Waals surface area contributed by atoms with Gasteiger partial charge in [-0.15, -0.1) is 0 Å². The van der Waals surface area contributed by atoms with Crippen LogP contribution in [0.3, 0.4) is 0 Å². The number of carbonyl (C=O) groups excluding carboxylic acids is 1. The van der Waals surface area contributed by atoms with Crippen molar-refractivity contribution in [2.75, 3.05) is 20.8 Å². The molecule has 0 saturated heterocycles. The summed E-state index contributed by atoms with van der Waals surface area (Å²) in [5.74, 6) is 1.19. The van der Waals surface area contributed by atoms with E-state index in [-0.39, 0.29) is 24.9 Å². The molecule has 0 fully saturated rings. The fourth-order valence-electron chi connectivity index (χ4n) is 2.18. The number of benzene rings is 2. The molecule has 2 rings (SSSR count). The Morgan fingerprint density at radius 1 is 1.08 bits per heavy atom. The molecule has 24 heavy (non-hydrogen) atoms. The molecular formula is C18H20FNO4. The summed E-state index contributed by atoms with van der Waals surface area (Å²) in [6, 6.07) is 9.17. The maximum atomic E-state index is 12.8. The smallest absolute Gasteiger partial charge is 0.258 e. The first kappa shape index (κ1) is 17.6. The van der Waals surface area contributed by atoms with E-state index in [9.17, 15) is 9.18 Å². The highest BCUT2D eigenvalue weighted by atomic mass is 19.1. The zero-order chi connectivity index (χ0) is 17.5. The highest BCUT2D eigenvalue weighted by Crippen LogP contribution is 2.28. The molecule has 0 bridgehead atoms. The first-order valence-electron chi connectivity index (χ1n) is 7.40. The second-order valence-electron chi connectivity index (χ2n) is 5.15. The zero-order valence-electron chi connectivity index (χ0n) is 13.9. The zero-order valence-corrected chi connectivity index (χ0v) is 13.9.